The van der Waals surface area contributed by atoms with Crippen LogP contribution < -0.4 is 0 Å². The van der Waals surface area contributed by atoms with Gasteiger partial charge in [-0.1, -0.05) is 41.5 Å². The first kappa shape index (κ1) is 15.6. The molecule has 0 radical (unpaired) electrons. The lowest BCUT2D eigenvalue weighted by atomic mass is 9.88. The third-order valence-corrected chi connectivity index (χ3v) is 4.78. The van der Waals surface area contributed by atoms with Gasteiger partial charge in [0.25, 0.3) is 0 Å². The highest BCUT2D eigenvalue weighted by Crippen LogP contribution is 2.39. The second-order valence-electron chi connectivity index (χ2n) is 6.47. The number of aryl methyl sites for hydroxylation is 1. The molecule has 0 saturated carbocycles. The molecule has 0 spiro atoms. The van der Waals surface area contributed by atoms with Crippen LogP contribution in [-0.4, -0.2) is 25.5 Å². The third-order valence-electron chi connectivity index (χ3n) is 4.55. The van der Waals surface area contributed by atoms with Crippen molar-refractivity contribution in [2.45, 2.75) is 32.1 Å². The predicted octanol–water partition coefficient (Wildman–Crippen LogP) is 5.27. The van der Waals surface area contributed by atoms with Crippen molar-refractivity contribution in [2.24, 2.45) is 0 Å². The fraction of sp³-hybridized carbons (Fsp3) is 0.400. The van der Waals surface area contributed by atoms with Crippen molar-refractivity contribution in [2.75, 3.05) is 20.6 Å². The fourth-order valence-corrected chi connectivity index (χ4v) is 3.60. The Bertz CT molecular complexity index is 650. The van der Waals surface area contributed by atoms with Crippen molar-refractivity contribution in [3.05, 3.63) is 63.7 Å². The molecule has 116 valence electrons. The zero-order valence-corrected chi connectivity index (χ0v) is 14.3. The summed E-state index contributed by atoms with van der Waals surface area (Å²) in [4.78, 5) is 2.24. The van der Waals surface area contributed by atoms with E-state index in [2.05, 4.69) is 49.4 Å². The summed E-state index contributed by atoms with van der Waals surface area (Å²) in [6, 6.07) is 6.38. The molecule has 2 aliphatic carbocycles. The molecule has 0 saturated heterocycles. The van der Waals surface area contributed by atoms with Crippen LogP contribution in [0.1, 0.15) is 36.8 Å². The van der Waals surface area contributed by atoms with Gasteiger partial charge in [0.15, 0.2) is 0 Å². The van der Waals surface area contributed by atoms with Gasteiger partial charge in [-0.3, -0.25) is 0 Å². The van der Waals surface area contributed by atoms with E-state index >= 15 is 0 Å². The summed E-state index contributed by atoms with van der Waals surface area (Å²) in [6.45, 7) is 1.08. The molecule has 2 heteroatoms. The van der Waals surface area contributed by atoms with Gasteiger partial charge >= 0.3 is 0 Å². The zero-order valence-electron chi connectivity index (χ0n) is 13.5. The van der Waals surface area contributed by atoms with E-state index in [1.807, 2.05) is 6.07 Å². The molecule has 1 aromatic carbocycles. The minimum Gasteiger partial charge on any atom is -0.309 e. The minimum absolute atomic E-state index is 0.849. The first-order valence-electron chi connectivity index (χ1n) is 8.18. The van der Waals surface area contributed by atoms with Crippen LogP contribution in [0.4, 0.5) is 0 Å². The van der Waals surface area contributed by atoms with Crippen LogP contribution in [0.3, 0.4) is 0 Å². The fourth-order valence-electron chi connectivity index (χ4n) is 3.40. The number of hydrogen-bond acceptors (Lipinski definition) is 1. The van der Waals surface area contributed by atoms with Crippen molar-refractivity contribution < 1.29 is 0 Å². The number of allylic oxidation sites excluding steroid dienone is 5. The Balaban J connectivity index is 2.04. The van der Waals surface area contributed by atoms with E-state index in [0.717, 1.165) is 30.8 Å². The van der Waals surface area contributed by atoms with Gasteiger partial charge in [0.05, 0.1) is 0 Å². The highest BCUT2D eigenvalue weighted by Gasteiger charge is 2.20. The molecule has 0 bridgehead atoms. The molecule has 22 heavy (non-hydrogen) atoms. The normalized spacial score (nSPS) is 19.4. The molecule has 1 nitrogen and oxygen atoms in total. The minimum atomic E-state index is 0.849. The van der Waals surface area contributed by atoms with Gasteiger partial charge in [0.2, 0.25) is 0 Å². The maximum absolute atomic E-state index is 6.22. The van der Waals surface area contributed by atoms with Crippen LogP contribution in [-0.2, 0) is 6.42 Å². The highest BCUT2D eigenvalue weighted by molar-refractivity contribution is 6.30. The van der Waals surface area contributed by atoms with Crippen molar-refractivity contribution >= 4 is 17.2 Å². The highest BCUT2D eigenvalue weighted by atomic mass is 35.5. The van der Waals surface area contributed by atoms with E-state index in [1.165, 1.54) is 35.1 Å². The first-order chi connectivity index (χ1) is 10.6. The number of benzene rings is 1. The molecule has 0 amide bonds. The number of hydrogen-bond donors (Lipinski definition) is 0. The van der Waals surface area contributed by atoms with E-state index in [0.29, 0.717) is 0 Å². The van der Waals surface area contributed by atoms with Crippen LogP contribution in [0, 0.1) is 0 Å². The van der Waals surface area contributed by atoms with E-state index < -0.39 is 0 Å². The van der Waals surface area contributed by atoms with Gasteiger partial charge in [0.1, 0.15) is 0 Å². The number of fused-ring (bicyclic) bond motifs is 1. The molecule has 2 aliphatic rings. The monoisotopic (exact) mass is 313 g/mol. The maximum atomic E-state index is 6.22. The summed E-state index contributed by atoms with van der Waals surface area (Å²) in [6.07, 6.45) is 12.8. The molecule has 0 aromatic heterocycles. The molecular formula is C20H24ClN. The summed E-state index contributed by atoms with van der Waals surface area (Å²) in [5.74, 6) is 0. The van der Waals surface area contributed by atoms with Gasteiger partial charge in [-0.2, -0.15) is 0 Å². The second kappa shape index (κ2) is 6.85. The van der Waals surface area contributed by atoms with Crippen LogP contribution in [0.15, 0.2) is 47.6 Å². The van der Waals surface area contributed by atoms with Crippen molar-refractivity contribution in [1.29, 1.82) is 0 Å². The largest absolute Gasteiger partial charge is 0.309 e. The summed E-state index contributed by atoms with van der Waals surface area (Å²) in [5.41, 5.74) is 7.26. The Hall–Kier alpha value is -1.31. The molecule has 0 aliphatic heterocycles. The summed E-state index contributed by atoms with van der Waals surface area (Å²) < 4.78 is 0. The summed E-state index contributed by atoms with van der Waals surface area (Å²) >= 11 is 6.22. The Labute approximate surface area is 139 Å². The Morgan fingerprint density at radius 1 is 1.18 bits per heavy atom. The van der Waals surface area contributed by atoms with Crippen molar-refractivity contribution in [3.8, 4) is 0 Å². The van der Waals surface area contributed by atoms with Crippen molar-refractivity contribution in [3.63, 3.8) is 0 Å². The van der Waals surface area contributed by atoms with E-state index in [4.69, 9.17) is 11.6 Å². The van der Waals surface area contributed by atoms with E-state index in [1.54, 1.807) is 5.57 Å². The van der Waals surface area contributed by atoms with Crippen LogP contribution >= 0.6 is 11.6 Å². The van der Waals surface area contributed by atoms with Gasteiger partial charge in [-0.15, -0.1) is 0 Å². The lowest BCUT2D eigenvalue weighted by molar-refractivity contribution is 0.417. The van der Waals surface area contributed by atoms with Gasteiger partial charge in [0, 0.05) is 11.6 Å². The van der Waals surface area contributed by atoms with Gasteiger partial charge in [-0.25, -0.2) is 0 Å². The molecule has 1 aromatic rings. The SMILES string of the molecule is CN(C)CC/C=C1\C2=C(CCC=C2)CCc2cc(Cl)ccc21. The average Bonchev–Trinajstić information content (AvgIpc) is 2.64. The first-order valence-corrected chi connectivity index (χ1v) is 8.55. The molecule has 3 rings (SSSR count). The summed E-state index contributed by atoms with van der Waals surface area (Å²) in [7, 11) is 4.26. The Morgan fingerprint density at radius 2 is 2.05 bits per heavy atom. The summed E-state index contributed by atoms with van der Waals surface area (Å²) in [5, 5.41) is 0.849. The van der Waals surface area contributed by atoms with Crippen molar-refractivity contribution in [1.82, 2.24) is 4.90 Å². The lowest BCUT2D eigenvalue weighted by Gasteiger charge is -2.17. The predicted molar refractivity (Wildman–Crippen MR) is 96.3 cm³/mol. The molecular weight excluding hydrogens is 290 g/mol. The standard InChI is InChI=1S/C20H24ClN/c1-22(2)13-5-8-20-18-7-4-3-6-15(18)9-10-16-14-17(21)11-12-19(16)20/h4,7-8,11-12,14H,3,5-6,9-10,13H2,1-2H3/b20-8+. The molecule has 0 atom stereocenters. The second-order valence-corrected chi connectivity index (χ2v) is 6.91. The number of nitrogens with zero attached hydrogens (tertiary/aromatic N) is 1. The van der Waals surface area contributed by atoms with Gasteiger partial charge in [-0.05, 0) is 80.6 Å². The smallest absolute Gasteiger partial charge is 0.0409 e. The van der Waals surface area contributed by atoms with E-state index in [9.17, 15) is 0 Å². The molecule has 0 fully saturated rings. The average molecular weight is 314 g/mol. The number of halogens is 1. The zero-order chi connectivity index (χ0) is 15.5. The molecule has 0 unspecified atom stereocenters. The maximum Gasteiger partial charge on any atom is 0.0409 e. The van der Waals surface area contributed by atoms with Crippen LogP contribution in [0.25, 0.3) is 5.57 Å². The lowest BCUT2D eigenvalue weighted by Crippen LogP contribution is -2.12. The quantitative estimate of drug-likeness (QED) is 0.735. The topological polar surface area (TPSA) is 3.24 Å². The Kier molecular flexibility index (Phi) is 4.85. The third kappa shape index (κ3) is 3.37. The van der Waals surface area contributed by atoms with Crippen LogP contribution in [0.5, 0.6) is 0 Å². The Morgan fingerprint density at radius 3 is 2.86 bits per heavy atom. The number of rotatable bonds is 3. The molecule has 0 N–H and O–H groups in total. The van der Waals surface area contributed by atoms with Crippen LogP contribution in [0.2, 0.25) is 5.02 Å². The van der Waals surface area contributed by atoms with E-state index in [-0.39, 0.29) is 0 Å². The molecule has 0 heterocycles. The van der Waals surface area contributed by atoms with Gasteiger partial charge < -0.3 is 4.90 Å².